The number of pyridine rings is 2. The second-order valence-corrected chi connectivity index (χ2v) is 5.13. The number of aromatic nitrogens is 2. The third-order valence-electron chi connectivity index (χ3n) is 3.59. The van der Waals surface area contributed by atoms with Gasteiger partial charge in [-0.2, -0.15) is 0 Å². The first-order valence-electron chi connectivity index (χ1n) is 7.26. The summed E-state index contributed by atoms with van der Waals surface area (Å²) in [4.78, 5) is 22.9. The van der Waals surface area contributed by atoms with Gasteiger partial charge in [-0.15, -0.1) is 0 Å². The molecule has 1 aliphatic heterocycles. The number of nitrogens with one attached hydrogen (secondary N) is 1. The van der Waals surface area contributed by atoms with Crippen LogP contribution in [0, 0.1) is 6.92 Å². The van der Waals surface area contributed by atoms with E-state index in [1.165, 1.54) is 0 Å². The predicted molar refractivity (Wildman–Crippen MR) is 84.2 cm³/mol. The molecule has 6 heteroatoms. The zero-order valence-corrected chi connectivity index (χ0v) is 12.5. The number of hydrogen-bond acceptors (Lipinski definition) is 5. The number of nitrogens with zero attached hydrogens (tertiary/aromatic N) is 3. The van der Waals surface area contributed by atoms with Crippen molar-refractivity contribution in [3.63, 3.8) is 0 Å². The lowest BCUT2D eigenvalue weighted by Gasteiger charge is -2.27. The van der Waals surface area contributed by atoms with Crippen molar-refractivity contribution in [2.45, 2.75) is 6.92 Å². The second kappa shape index (κ2) is 6.53. The fourth-order valence-electron chi connectivity index (χ4n) is 2.30. The molecule has 6 nitrogen and oxygen atoms in total. The Labute approximate surface area is 129 Å². The molecule has 2 aromatic rings. The number of carbonyl (C=O) groups is 1. The van der Waals surface area contributed by atoms with E-state index in [4.69, 9.17) is 4.74 Å². The van der Waals surface area contributed by atoms with E-state index in [2.05, 4.69) is 20.2 Å². The lowest BCUT2D eigenvalue weighted by atomic mass is 10.2. The van der Waals surface area contributed by atoms with Crippen molar-refractivity contribution in [2.75, 3.05) is 36.5 Å². The normalized spacial score (nSPS) is 14.7. The fourth-order valence-corrected chi connectivity index (χ4v) is 2.30. The molecule has 0 radical (unpaired) electrons. The van der Waals surface area contributed by atoms with E-state index in [0.29, 0.717) is 24.6 Å². The van der Waals surface area contributed by atoms with Gasteiger partial charge >= 0.3 is 0 Å². The largest absolute Gasteiger partial charge is 0.378 e. The molecule has 1 amide bonds. The molecule has 0 atom stereocenters. The van der Waals surface area contributed by atoms with Crippen molar-refractivity contribution in [3.05, 3.63) is 47.8 Å². The Morgan fingerprint density at radius 3 is 2.73 bits per heavy atom. The number of amides is 1. The Kier molecular flexibility index (Phi) is 4.29. The molecule has 0 spiro atoms. The maximum atomic E-state index is 12.2. The standard InChI is InChI=1S/C16H18N4O2/c1-12-3-2-6-17-15(12)19-16(21)13-4-5-14(18-11-13)20-7-9-22-10-8-20/h2-6,11H,7-10H2,1H3,(H,17,19,21). The van der Waals surface area contributed by atoms with Crippen LogP contribution in [0.2, 0.25) is 0 Å². The molecule has 3 rings (SSSR count). The fraction of sp³-hybridized carbons (Fsp3) is 0.312. The van der Waals surface area contributed by atoms with Crippen LogP contribution in [0.3, 0.4) is 0 Å². The van der Waals surface area contributed by atoms with Gasteiger partial charge in [-0.25, -0.2) is 9.97 Å². The van der Waals surface area contributed by atoms with Crippen molar-refractivity contribution >= 4 is 17.5 Å². The first-order valence-corrected chi connectivity index (χ1v) is 7.26. The Morgan fingerprint density at radius 2 is 2.05 bits per heavy atom. The molecule has 1 fully saturated rings. The lowest BCUT2D eigenvalue weighted by molar-refractivity contribution is 0.102. The van der Waals surface area contributed by atoms with Crippen LogP contribution in [0.1, 0.15) is 15.9 Å². The molecule has 0 saturated carbocycles. The van der Waals surface area contributed by atoms with Crippen LogP contribution >= 0.6 is 0 Å². The van der Waals surface area contributed by atoms with Crippen molar-refractivity contribution in [2.24, 2.45) is 0 Å². The predicted octanol–water partition coefficient (Wildman–Crippen LogP) is 1.87. The van der Waals surface area contributed by atoms with E-state index in [1.54, 1.807) is 18.5 Å². The molecule has 0 unspecified atom stereocenters. The third-order valence-corrected chi connectivity index (χ3v) is 3.59. The average molecular weight is 298 g/mol. The summed E-state index contributed by atoms with van der Waals surface area (Å²) in [5, 5.41) is 2.80. The van der Waals surface area contributed by atoms with Crippen LogP contribution in [0.5, 0.6) is 0 Å². The van der Waals surface area contributed by atoms with Gasteiger partial charge in [-0.05, 0) is 30.7 Å². The summed E-state index contributed by atoms with van der Waals surface area (Å²) in [6, 6.07) is 7.39. The van der Waals surface area contributed by atoms with Gasteiger partial charge in [0.25, 0.3) is 5.91 Å². The highest BCUT2D eigenvalue weighted by Crippen LogP contribution is 2.15. The number of morpholine rings is 1. The summed E-state index contributed by atoms with van der Waals surface area (Å²) in [6.45, 7) is 4.98. The minimum atomic E-state index is -0.206. The molecule has 22 heavy (non-hydrogen) atoms. The van der Waals surface area contributed by atoms with E-state index < -0.39 is 0 Å². The Bertz CT molecular complexity index is 651. The van der Waals surface area contributed by atoms with Crippen molar-refractivity contribution in [1.82, 2.24) is 9.97 Å². The van der Waals surface area contributed by atoms with Gasteiger partial charge in [0, 0.05) is 25.5 Å². The highest BCUT2D eigenvalue weighted by Gasteiger charge is 2.14. The minimum Gasteiger partial charge on any atom is -0.378 e. The number of anilines is 2. The Morgan fingerprint density at radius 1 is 1.23 bits per heavy atom. The van der Waals surface area contributed by atoms with E-state index >= 15 is 0 Å². The first-order chi connectivity index (χ1) is 10.7. The molecule has 0 aromatic carbocycles. The number of carbonyl (C=O) groups excluding carboxylic acids is 1. The number of aryl methyl sites for hydroxylation is 1. The third kappa shape index (κ3) is 3.23. The zero-order valence-electron chi connectivity index (χ0n) is 12.5. The van der Waals surface area contributed by atoms with E-state index in [1.807, 2.05) is 25.1 Å². The van der Waals surface area contributed by atoms with Crippen molar-refractivity contribution < 1.29 is 9.53 Å². The highest BCUT2D eigenvalue weighted by atomic mass is 16.5. The molecule has 1 N–H and O–H groups in total. The van der Waals surface area contributed by atoms with Crippen molar-refractivity contribution in [3.8, 4) is 0 Å². The molecule has 0 bridgehead atoms. The van der Waals surface area contributed by atoms with Crippen LogP contribution in [0.25, 0.3) is 0 Å². The maximum absolute atomic E-state index is 12.2. The van der Waals surface area contributed by atoms with Crippen LogP contribution < -0.4 is 10.2 Å². The summed E-state index contributed by atoms with van der Waals surface area (Å²) in [6.07, 6.45) is 3.25. The Balaban J connectivity index is 1.69. The van der Waals surface area contributed by atoms with Gasteiger partial charge in [0.15, 0.2) is 0 Å². The van der Waals surface area contributed by atoms with Gasteiger partial charge in [0.2, 0.25) is 0 Å². The minimum absolute atomic E-state index is 0.206. The van der Waals surface area contributed by atoms with E-state index in [0.717, 1.165) is 24.5 Å². The van der Waals surface area contributed by atoms with Crippen LogP contribution in [0.15, 0.2) is 36.7 Å². The van der Waals surface area contributed by atoms with E-state index in [9.17, 15) is 4.79 Å². The number of ether oxygens (including phenoxy) is 1. The van der Waals surface area contributed by atoms with Gasteiger partial charge in [-0.3, -0.25) is 4.79 Å². The highest BCUT2D eigenvalue weighted by molar-refractivity contribution is 6.03. The maximum Gasteiger partial charge on any atom is 0.258 e. The molecule has 3 heterocycles. The molecule has 114 valence electrons. The Hall–Kier alpha value is -2.47. The van der Waals surface area contributed by atoms with Crippen LogP contribution in [-0.2, 0) is 4.74 Å². The average Bonchev–Trinajstić information content (AvgIpc) is 2.58. The van der Waals surface area contributed by atoms with Gasteiger partial charge < -0.3 is 15.0 Å². The summed E-state index contributed by atoms with van der Waals surface area (Å²) in [5.74, 6) is 1.24. The SMILES string of the molecule is Cc1cccnc1NC(=O)c1ccc(N2CCOCC2)nc1. The first kappa shape index (κ1) is 14.5. The van der Waals surface area contributed by atoms with Crippen molar-refractivity contribution in [1.29, 1.82) is 0 Å². The topological polar surface area (TPSA) is 67.4 Å². The molecule has 0 aliphatic carbocycles. The molecule has 1 saturated heterocycles. The van der Waals surface area contributed by atoms with Crippen LogP contribution in [-0.4, -0.2) is 42.2 Å². The monoisotopic (exact) mass is 298 g/mol. The summed E-state index contributed by atoms with van der Waals surface area (Å²) in [5.41, 5.74) is 1.44. The summed E-state index contributed by atoms with van der Waals surface area (Å²) >= 11 is 0. The van der Waals surface area contributed by atoms with E-state index in [-0.39, 0.29) is 5.91 Å². The molecular weight excluding hydrogens is 280 g/mol. The summed E-state index contributed by atoms with van der Waals surface area (Å²) in [7, 11) is 0. The smallest absolute Gasteiger partial charge is 0.258 e. The molecule has 2 aromatic heterocycles. The second-order valence-electron chi connectivity index (χ2n) is 5.13. The molecule has 1 aliphatic rings. The molecular formula is C16H18N4O2. The zero-order chi connectivity index (χ0) is 15.4. The van der Waals surface area contributed by atoms with Gasteiger partial charge in [-0.1, -0.05) is 6.07 Å². The summed E-state index contributed by atoms with van der Waals surface area (Å²) < 4.78 is 5.32. The number of rotatable bonds is 3. The quantitative estimate of drug-likeness (QED) is 0.937. The lowest BCUT2D eigenvalue weighted by Crippen LogP contribution is -2.36. The number of hydrogen-bond donors (Lipinski definition) is 1. The van der Waals surface area contributed by atoms with Gasteiger partial charge in [0.05, 0.1) is 18.8 Å². The van der Waals surface area contributed by atoms with Crippen LogP contribution in [0.4, 0.5) is 11.6 Å². The van der Waals surface area contributed by atoms with Gasteiger partial charge in [0.1, 0.15) is 11.6 Å².